The van der Waals surface area contributed by atoms with E-state index in [-0.39, 0.29) is 22.8 Å². The van der Waals surface area contributed by atoms with Crippen molar-refractivity contribution in [1.82, 2.24) is 19.6 Å². The summed E-state index contributed by atoms with van der Waals surface area (Å²) >= 11 is 0. The van der Waals surface area contributed by atoms with Gasteiger partial charge < -0.3 is 10.3 Å². The highest BCUT2D eigenvalue weighted by atomic mass is 35.5. The van der Waals surface area contributed by atoms with Crippen LogP contribution in [-0.2, 0) is 10.0 Å². The van der Waals surface area contributed by atoms with Gasteiger partial charge in [-0.1, -0.05) is 0 Å². The number of rotatable bonds is 2. The van der Waals surface area contributed by atoms with Crippen molar-refractivity contribution in [2.45, 2.75) is 24.3 Å². The molecular weight excluding hydrogens is 288 g/mol. The Morgan fingerprint density at radius 3 is 2.63 bits per heavy atom. The van der Waals surface area contributed by atoms with Crippen LogP contribution in [0.1, 0.15) is 19.3 Å². The van der Waals surface area contributed by atoms with E-state index < -0.39 is 10.0 Å². The third kappa shape index (κ3) is 2.65. The van der Waals surface area contributed by atoms with E-state index >= 15 is 0 Å². The molecular formula is C11H19ClN4O2S. The highest BCUT2D eigenvalue weighted by molar-refractivity contribution is 7.89. The Morgan fingerprint density at radius 2 is 2.00 bits per heavy atom. The Morgan fingerprint density at radius 1 is 1.26 bits per heavy atom. The quantitative estimate of drug-likeness (QED) is 0.838. The molecule has 0 atom stereocenters. The molecule has 3 heterocycles. The predicted molar refractivity (Wildman–Crippen MR) is 73.7 cm³/mol. The number of halogens is 1. The molecule has 8 heteroatoms. The lowest BCUT2D eigenvalue weighted by atomic mass is 9.78. The summed E-state index contributed by atoms with van der Waals surface area (Å²) in [5.74, 6) is 0. The molecule has 2 fully saturated rings. The van der Waals surface area contributed by atoms with Crippen molar-refractivity contribution < 1.29 is 8.42 Å². The van der Waals surface area contributed by atoms with Gasteiger partial charge in [-0.2, -0.15) is 4.31 Å². The number of piperidine rings is 1. The Labute approximate surface area is 119 Å². The number of sulfonamides is 1. The van der Waals surface area contributed by atoms with Gasteiger partial charge in [0, 0.05) is 13.1 Å². The zero-order valence-corrected chi connectivity index (χ0v) is 12.3. The van der Waals surface area contributed by atoms with Gasteiger partial charge in [0.2, 0.25) is 0 Å². The van der Waals surface area contributed by atoms with Gasteiger partial charge in [0.1, 0.15) is 0 Å². The van der Waals surface area contributed by atoms with Crippen LogP contribution in [0, 0.1) is 5.41 Å². The number of hydrogen-bond donors (Lipinski definition) is 2. The molecule has 6 nitrogen and oxygen atoms in total. The fraction of sp³-hybridized carbons (Fsp3) is 0.727. The van der Waals surface area contributed by atoms with Gasteiger partial charge in [-0.05, 0) is 37.8 Å². The van der Waals surface area contributed by atoms with E-state index in [1.165, 1.54) is 12.5 Å². The summed E-state index contributed by atoms with van der Waals surface area (Å²) in [5.41, 5.74) is 0.193. The van der Waals surface area contributed by atoms with Gasteiger partial charge in [0.25, 0.3) is 10.0 Å². The Bertz CT molecular complexity index is 511. The minimum absolute atomic E-state index is 0. The third-order valence-electron chi connectivity index (χ3n) is 4.16. The van der Waals surface area contributed by atoms with Crippen LogP contribution in [0.2, 0.25) is 0 Å². The van der Waals surface area contributed by atoms with Crippen molar-refractivity contribution in [3.63, 3.8) is 0 Å². The molecule has 2 aliphatic heterocycles. The van der Waals surface area contributed by atoms with E-state index in [9.17, 15) is 8.42 Å². The lowest BCUT2D eigenvalue weighted by Crippen LogP contribution is -2.39. The summed E-state index contributed by atoms with van der Waals surface area (Å²) in [7, 11) is -3.38. The lowest BCUT2D eigenvalue weighted by Gasteiger charge is -2.33. The minimum atomic E-state index is -3.38. The van der Waals surface area contributed by atoms with E-state index in [0.29, 0.717) is 13.1 Å². The number of aromatic amines is 1. The van der Waals surface area contributed by atoms with E-state index in [0.717, 1.165) is 32.4 Å². The van der Waals surface area contributed by atoms with Crippen molar-refractivity contribution in [3.05, 3.63) is 12.5 Å². The van der Waals surface area contributed by atoms with Crippen molar-refractivity contribution in [2.75, 3.05) is 26.2 Å². The maximum Gasteiger partial charge on any atom is 0.260 e. The second-order valence-electron chi connectivity index (χ2n) is 5.25. The molecule has 0 amide bonds. The van der Waals surface area contributed by atoms with Crippen molar-refractivity contribution in [1.29, 1.82) is 0 Å². The molecule has 0 aromatic carbocycles. The van der Waals surface area contributed by atoms with Crippen LogP contribution in [0.4, 0.5) is 0 Å². The Kier molecular flexibility index (Phi) is 4.20. The highest BCUT2D eigenvalue weighted by Gasteiger charge is 2.43. The van der Waals surface area contributed by atoms with Crippen molar-refractivity contribution in [2.24, 2.45) is 5.41 Å². The zero-order valence-electron chi connectivity index (χ0n) is 10.6. The molecule has 108 valence electrons. The number of imidazole rings is 1. The Balaban J connectivity index is 0.00000133. The largest absolute Gasteiger partial charge is 0.335 e. The predicted octanol–water partition coefficient (Wildman–Crippen LogP) is 0.596. The van der Waals surface area contributed by atoms with E-state index in [1.807, 2.05) is 0 Å². The fourth-order valence-electron chi connectivity index (χ4n) is 2.99. The van der Waals surface area contributed by atoms with Crippen LogP contribution in [0.15, 0.2) is 17.6 Å². The van der Waals surface area contributed by atoms with Gasteiger partial charge in [-0.15, -0.1) is 12.4 Å². The van der Waals surface area contributed by atoms with Gasteiger partial charge in [0.05, 0.1) is 12.5 Å². The number of nitrogens with zero attached hydrogens (tertiary/aromatic N) is 2. The van der Waals surface area contributed by atoms with Crippen molar-refractivity contribution >= 4 is 22.4 Å². The van der Waals surface area contributed by atoms with E-state index in [4.69, 9.17) is 0 Å². The smallest absolute Gasteiger partial charge is 0.260 e. The molecule has 0 unspecified atom stereocenters. The average molecular weight is 307 g/mol. The molecule has 1 aromatic rings. The Hall–Kier alpha value is -0.630. The summed E-state index contributed by atoms with van der Waals surface area (Å²) in [4.78, 5) is 6.49. The molecule has 0 aliphatic carbocycles. The van der Waals surface area contributed by atoms with Gasteiger partial charge >= 0.3 is 0 Å². The first-order valence-corrected chi connectivity index (χ1v) is 7.76. The molecule has 0 radical (unpaired) electrons. The monoisotopic (exact) mass is 306 g/mol. The maximum atomic E-state index is 12.4. The van der Waals surface area contributed by atoms with E-state index in [2.05, 4.69) is 15.3 Å². The summed E-state index contributed by atoms with van der Waals surface area (Å²) in [6, 6.07) is 0. The first-order chi connectivity index (χ1) is 8.62. The van der Waals surface area contributed by atoms with Gasteiger partial charge in [-0.3, -0.25) is 0 Å². The third-order valence-corrected chi connectivity index (χ3v) is 5.93. The van der Waals surface area contributed by atoms with Crippen LogP contribution in [0.3, 0.4) is 0 Å². The molecule has 2 N–H and O–H groups in total. The van der Waals surface area contributed by atoms with Crippen molar-refractivity contribution in [3.8, 4) is 0 Å². The molecule has 1 aromatic heterocycles. The topological polar surface area (TPSA) is 78.1 Å². The lowest BCUT2D eigenvalue weighted by molar-refractivity contribution is 0.218. The number of hydrogen-bond acceptors (Lipinski definition) is 4. The van der Waals surface area contributed by atoms with E-state index in [1.54, 1.807) is 4.31 Å². The molecule has 0 bridgehead atoms. The molecule has 0 saturated carbocycles. The zero-order chi connectivity index (χ0) is 12.6. The summed E-state index contributed by atoms with van der Waals surface area (Å²) < 4.78 is 26.3. The van der Waals surface area contributed by atoms with Crippen LogP contribution in [0.5, 0.6) is 0 Å². The number of aromatic nitrogens is 2. The standard InChI is InChI=1S/C11H18N4O2S.ClH/c16-18(17,10-7-13-9-14-10)15-6-3-11(8-15)1-4-12-5-2-11;/h7,9,12H,1-6,8H2,(H,13,14);1H. The maximum absolute atomic E-state index is 12.4. The van der Waals surface area contributed by atoms with Crippen LogP contribution in [-0.4, -0.2) is 48.9 Å². The number of nitrogens with one attached hydrogen (secondary N) is 2. The van der Waals surface area contributed by atoms with Crippen LogP contribution < -0.4 is 5.32 Å². The molecule has 19 heavy (non-hydrogen) atoms. The highest BCUT2D eigenvalue weighted by Crippen LogP contribution is 2.40. The normalized spacial score (nSPS) is 23.4. The fourth-order valence-corrected chi connectivity index (χ4v) is 4.44. The molecule has 2 aliphatic rings. The summed E-state index contributed by atoms with van der Waals surface area (Å²) in [5, 5.41) is 3.54. The van der Waals surface area contributed by atoms with Crippen LogP contribution >= 0.6 is 12.4 Å². The minimum Gasteiger partial charge on any atom is -0.335 e. The average Bonchev–Trinajstić information content (AvgIpc) is 3.00. The molecule has 2 saturated heterocycles. The second kappa shape index (κ2) is 5.40. The van der Waals surface area contributed by atoms with Gasteiger partial charge in [0.15, 0.2) is 5.03 Å². The number of H-pyrrole nitrogens is 1. The summed E-state index contributed by atoms with van der Waals surface area (Å²) in [6.45, 7) is 3.27. The first-order valence-electron chi connectivity index (χ1n) is 6.32. The molecule has 3 rings (SSSR count). The van der Waals surface area contributed by atoms with Crippen LogP contribution in [0.25, 0.3) is 0 Å². The summed E-state index contributed by atoms with van der Waals surface area (Å²) in [6.07, 6.45) is 5.90. The first kappa shape index (κ1) is 14.8. The second-order valence-corrected chi connectivity index (χ2v) is 7.16. The molecule has 1 spiro atoms. The van der Waals surface area contributed by atoms with Gasteiger partial charge in [-0.25, -0.2) is 13.4 Å². The SMILES string of the molecule is Cl.O=S(=O)(c1cnc[nH]1)N1CCC2(CCNCC2)C1.